The van der Waals surface area contributed by atoms with Crippen molar-refractivity contribution in [1.82, 2.24) is 15.3 Å². The van der Waals surface area contributed by atoms with Crippen molar-refractivity contribution in [3.63, 3.8) is 0 Å². The monoisotopic (exact) mass is 344 g/mol. The zero-order chi connectivity index (χ0) is 18.1. The summed E-state index contributed by atoms with van der Waals surface area (Å²) >= 11 is 0. The molecular formula is C18H24N4O3. The van der Waals surface area contributed by atoms with Crippen molar-refractivity contribution in [1.29, 1.82) is 0 Å². The molecule has 1 amide bonds. The van der Waals surface area contributed by atoms with Gasteiger partial charge in [0.25, 0.3) is 5.91 Å². The third kappa shape index (κ3) is 5.72. The predicted molar refractivity (Wildman–Crippen MR) is 96.5 cm³/mol. The summed E-state index contributed by atoms with van der Waals surface area (Å²) in [6.45, 7) is 5.44. The standard InChI is InChI=1S/C18H24N4O3/c1-4-25-16-9-6-5-8-14(16)21-18-20-13(2)12-15(22-18)17(23)19-10-7-11-24-3/h5-6,8-9,12H,4,7,10-11H2,1-3H3,(H,19,23)(H,20,21,22). The number of amides is 1. The molecule has 0 saturated heterocycles. The first kappa shape index (κ1) is 18.7. The third-order valence-corrected chi connectivity index (χ3v) is 3.33. The fourth-order valence-corrected chi connectivity index (χ4v) is 2.22. The van der Waals surface area contributed by atoms with Crippen LogP contribution >= 0.6 is 0 Å². The topological polar surface area (TPSA) is 85.4 Å². The van der Waals surface area contributed by atoms with E-state index < -0.39 is 0 Å². The number of hydrogen-bond donors (Lipinski definition) is 2. The van der Waals surface area contributed by atoms with Gasteiger partial charge in [-0.1, -0.05) is 12.1 Å². The molecule has 0 atom stereocenters. The van der Waals surface area contributed by atoms with Crippen molar-refractivity contribution in [3.8, 4) is 5.75 Å². The average Bonchev–Trinajstić information content (AvgIpc) is 2.60. The summed E-state index contributed by atoms with van der Waals surface area (Å²) < 4.78 is 10.6. The minimum Gasteiger partial charge on any atom is -0.492 e. The van der Waals surface area contributed by atoms with E-state index in [1.54, 1.807) is 13.2 Å². The van der Waals surface area contributed by atoms with Gasteiger partial charge < -0.3 is 20.1 Å². The third-order valence-electron chi connectivity index (χ3n) is 3.33. The second kappa shape index (κ2) is 9.58. The maximum atomic E-state index is 12.2. The van der Waals surface area contributed by atoms with Crippen LogP contribution in [0.4, 0.5) is 11.6 Å². The van der Waals surface area contributed by atoms with Crippen LogP contribution in [0.2, 0.25) is 0 Å². The van der Waals surface area contributed by atoms with Gasteiger partial charge >= 0.3 is 0 Å². The molecule has 0 spiro atoms. The molecule has 7 nitrogen and oxygen atoms in total. The number of anilines is 2. The number of para-hydroxylation sites is 2. The highest BCUT2D eigenvalue weighted by molar-refractivity contribution is 5.92. The lowest BCUT2D eigenvalue weighted by Crippen LogP contribution is -2.26. The van der Waals surface area contributed by atoms with Gasteiger partial charge in [0.2, 0.25) is 5.95 Å². The van der Waals surface area contributed by atoms with Crippen molar-refractivity contribution >= 4 is 17.5 Å². The molecule has 0 saturated carbocycles. The summed E-state index contributed by atoms with van der Waals surface area (Å²) in [7, 11) is 1.63. The average molecular weight is 344 g/mol. The summed E-state index contributed by atoms with van der Waals surface area (Å²) in [6.07, 6.45) is 0.749. The Morgan fingerprint density at radius 2 is 2.04 bits per heavy atom. The van der Waals surface area contributed by atoms with E-state index in [4.69, 9.17) is 9.47 Å². The number of hydrogen-bond acceptors (Lipinski definition) is 6. The van der Waals surface area contributed by atoms with Crippen molar-refractivity contribution in [2.75, 3.05) is 32.2 Å². The largest absolute Gasteiger partial charge is 0.492 e. The molecule has 1 aromatic carbocycles. The number of aryl methyl sites for hydroxylation is 1. The van der Waals surface area contributed by atoms with Crippen LogP contribution in [-0.2, 0) is 4.74 Å². The summed E-state index contributed by atoms with van der Waals surface area (Å²) in [4.78, 5) is 20.9. The van der Waals surface area contributed by atoms with E-state index in [1.807, 2.05) is 38.1 Å². The van der Waals surface area contributed by atoms with Crippen LogP contribution in [-0.4, -0.2) is 42.7 Å². The zero-order valence-corrected chi connectivity index (χ0v) is 14.8. The van der Waals surface area contributed by atoms with E-state index in [-0.39, 0.29) is 5.91 Å². The molecule has 0 aliphatic carbocycles. The molecule has 0 aliphatic rings. The van der Waals surface area contributed by atoms with Gasteiger partial charge in [-0.2, -0.15) is 0 Å². The number of rotatable bonds is 9. The molecule has 2 N–H and O–H groups in total. The Balaban J connectivity index is 2.12. The number of aromatic nitrogens is 2. The predicted octanol–water partition coefficient (Wildman–Crippen LogP) is 2.69. The first-order valence-electron chi connectivity index (χ1n) is 8.25. The molecule has 0 fully saturated rings. The maximum Gasteiger partial charge on any atom is 0.270 e. The van der Waals surface area contributed by atoms with Crippen molar-refractivity contribution in [3.05, 3.63) is 41.7 Å². The van der Waals surface area contributed by atoms with Crippen molar-refractivity contribution < 1.29 is 14.3 Å². The van der Waals surface area contributed by atoms with Crippen LogP contribution in [0.5, 0.6) is 5.75 Å². The minimum absolute atomic E-state index is 0.234. The molecule has 25 heavy (non-hydrogen) atoms. The van der Waals surface area contributed by atoms with Crippen molar-refractivity contribution in [2.24, 2.45) is 0 Å². The van der Waals surface area contributed by atoms with Gasteiger partial charge in [0.05, 0.1) is 12.3 Å². The number of nitrogens with one attached hydrogen (secondary N) is 2. The Bertz CT molecular complexity index is 706. The lowest BCUT2D eigenvalue weighted by molar-refractivity contribution is 0.0943. The molecule has 0 bridgehead atoms. The van der Waals surface area contributed by atoms with Gasteiger partial charge in [0, 0.05) is 26.0 Å². The number of benzene rings is 1. The first-order chi connectivity index (χ1) is 12.1. The van der Waals surface area contributed by atoms with Crippen LogP contribution in [0.15, 0.2) is 30.3 Å². The Kier molecular flexibility index (Phi) is 7.16. The Labute approximate surface area is 147 Å². The molecule has 2 aromatic rings. The molecule has 2 rings (SSSR count). The second-order valence-electron chi connectivity index (χ2n) is 5.37. The first-order valence-corrected chi connectivity index (χ1v) is 8.25. The van der Waals surface area contributed by atoms with Gasteiger partial charge in [-0.05, 0) is 38.5 Å². The Morgan fingerprint density at radius 3 is 2.80 bits per heavy atom. The van der Waals surface area contributed by atoms with Gasteiger partial charge in [0.1, 0.15) is 11.4 Å². The number of nitrogens with zero attached hydrogens (tertiary/aromatic N) is 2. The molecule has 7 heteroatoms. The van der Waals surface area contributed by atoms with E-state index >= 15 is 0 Å². The molecular weight excluding hydrogens is 320 g/mol. The SMILES string of the molecule is CCOc1ccccc1Nc1nc(C)cc(C(=O)NCCCOC)n1. The second-order valence-corrected chi connectivity index (χ2v) is 5.37. The quantitative estimate of drug-likeness (QED) is 0.680. The minimum atomic E-state index is -0.234. The highest BCUT2D eigenvalue weighted by Crippen LogP contribution is 2.26. The summed E-state index contributed by atoms with van der Waals surface area (Å²) in [5.41, 5.74) is 1.77. The number of methoxy groups -OCH3 is 1. The molecule has 0 unspecified atom stereocenters. The van der Waals surface area contributed by atoms with Crippen LogP contribution in [0.1, 0.15) is 29.5 Å². The summed E-state index contributed by atoms with van der Waals surface area (Å²) in [5, 5.41) is 5.94. The van der Waals surface area contributed by atoms with Gasteiger partial charge in [-0.25, -0.2) is 9.97 Å². The van der Waals surface area contributed by atoms with E-state index in [0.717, 1.165) is 12.1 Å². The molecule has 1 aromatic heterocycles. The van der Waals surface area contributed by atoms with E-state index in [2.05, 4.69) is 20.6 Å². The Morgan fingerprint density at radius 1 is 1.24 bits per heavy atom. The molecule has 1 heterocycles. The fourth-order valence-electron chi connectivity index (χ4n) is 2.22. The normalized spacial score (nSPS) is 10.4. The highest BCUT2D eigenvalue weighted by Gasteiger charge is 2.11. The lowest BCUT2D eigenvalue weighted by atomic mass is 10.3. The fraction of sp³-hybridized carbons (Fsp3) is 0.389. The highest BCUT2D eigenvalue weighted by atomic mass is 16.5. The molecule has 0 radical (unpaired) electrons. The lowest BCUT2D eigenvalue weighted by Gasteiger charge is -2.12. The molecule has 0 aliphatic heterocycles. The van der Waals surface area contributed by atoms with Crippen LogP contribution < -0.4 is 15.4 Å². The van der Waals surface area contributed by atoms with E-state index in [0.29, 0.717) is 42.8 Å². The number of carbonyl (C=O) groups excluding carboxylic acids is 1. The van der Waals surface area contributed by atoms with Crippen LogP contribution in [0, 0.1) is 6.92 Å². The zero-order valence-electron chi connectivity index (χ0n) is 14.8. The number of ether oxygens (including phenoxy) is 2. The maximum absolute atomic E-state index is 12.2. The van der Waals surface area contributed by atoms with Gasteiger partial charge in [-0.3, -0.25) is 4.79 Å². The van der Waals surface area contributed by atoms with E-state index in [1.165, 1.54) is 0 Å². The van der Waals surface area contributed by atoms with Crippen molar-refractivity contribution in [2.45, 2.75) is 20.3 Å². The van der Waals surface area contributed by atoms with Gasteiger partial charge in [-0.15, -0.1) is 0 Å². The number of carbonyl (C=O) groups is 1. The van der Waals surface area contributed by atoms with Gasteiger partial charge in [0.15, 0.2) is 0 Å². The van der Waals surface area contributed by atoms with E-state index in [9.17, 15) is 4.79 Å². The van der Waals surface area contributed by atoms with Crippen LogP contribution in [0.3, 0.4) is 0 Å². The van der Waals surface area contributed by atoms with Crippen LogP contribution in [0.25, 0.3) is 0 Å². The smallest absolute Gasteiger partial charge is 0.270 e. The summed E-state index contributed by atoms with van der Waals surface area (Å²) in [5.74, 6) is 0.831. The Hall–Kier alpha value is -2.67. The molecule has 134 valence electrons. The summed E-state index contributed by atoms with van der Waals surface area (Å²) in [6, 6.07) is 9.19.